The predicted molar refractivity (Wildman–Crippen MR) is 167 cm³/mol. The molecule has 1 aliphatic rings. The summed E-state index contributed by atoms with van der Waals surface area (Å²) >= 11 is 0. The van der Waals surface area contributed by atoms with Crippen LogP contribution >= 0.6 is 0 Å². The Bertz CT molecular complexity index is 1660. The van der Waals surface area contributed by atoms with Crippen molar-refractivity contribution in [3.05, 3.63) is 102 Å². The summed E-state index contributed by atoms with van der Waals surface area (Å²) < 4.78 is 10.7. The van der Waals surface area contributed by atoms with Gasteiger partial charge in [0.2, 0.25) is 5.91 Å². The van der Waals surface area contributed by atoms with E-state index in [1.54, 1.807) is 26.0 Å². The zero-order chi connectivity index (χ0) is 32.0. The van der Waals surface area contributed by atoms with Gasteiger partial charge in [0.05, 0.1) is 18.7 Å². The Labute approximate surface area is 261 Å². The first-order valence-corrected chi connectivity index (χ1v) is 14.9. The van der Waals surface area contributed by atoms with Gasteiger partial charge >= 0.3 is 6.09 Å². The lowest BCUT2D eigenvalue weighted by atomic mass is 9.89. The SMILES string of the molecule is C[C@@H](NC(=O)OCc1ccccc1)C(=O)C[C@@H](Cc1c[nH]c2ccccc12)C(=O)N[C@@H](Cc1ccc(O)cc1)C(=O)[C@@]1(C)CO1. The lowest BCUT2D eigenvalue weighted by Gasteiger charge is -2.24. The molecule has 1 aliphatic heterocycles. The van der Waals surface area contributed by atoms with E-state index >= 15 is 0 Å². The van der Waals surface area contributed by atoms with Crippen LogP contribution in [-0.4, -0.2) is 57.9 Å². The highest BCUT2D eigenvalue weighted by Crippen LogP contribution is 2.30. The van der Waals surface area contributed by atoms with Gasteiger partial charge in [-0.2, -0.15) is 0 Å². The second-order valence-electron chi connectivity index (χ2n) is 11.7. The highest BCUT2D eigenvalue weighted by molar-refractivity contribution is 5.98. The van der Waals surface area contributed by atoms with Gasteiger partial charge in [-0.15, -0.1) is 0 Å². The molecule has 10 nitrogen and oxygen atoms in total. The fraction of sp³-hybridized carbons (Fsp3) is 0.314. The van der Waals surface area contributed by atoms with Gasteiger partial charge in [-0.25, -0.2) is 4.79 Å². The molecule has 10 heteroatoms. The monoisotopic (exact) mass is 611 g/mol. The van der Waals surface area contributed by atoms with Crippen LogP contribution in [0.1, 0.15) is 37.0 Å². The Kier molecular flexibility index (Phi) is 9.63. The number of aromatic nitrogens is 1. The van der Waals surface area contributed by atoms with E-state index in [4.69, 9.17) is 9.47 Å². The molecular weight excluding hydrogens is 574 g/mol. The van der Waals surface area contributed by atoms with Gasteiger partial charge in [0.1, 0.15) is 18.0 Å². The average molecular weight is 612 g/mol. The number of phenolic OH excluding ortho intramolecular Hbond substituents is 1. The molecule has 4 atom stereocenters. The van der Waals surface area contributed by atoms with Crippen LogP contribution in [0.5, 0.6) is 5.75 Å². The molecule has 2 heterocycles. The van der Waals surface area contributed by atoms with Gasteiger partial charge in [0.15, 0.2) is 11.6 Å². The van der Waals surface area contributed by atoms with E-state index < -0.39 is 35.6 Å². The number of carbonyl (C=O) groups excluding carboxylic acids is 4. The normalized spacial score (nSPS) is 17.6. The van der Waals surface area contributed by atoms with Crippen molar-refractivity contribution in [3.63, 3.8) is 0 Å². The second-order valence-corrected chi connectivity index (χ2v) is 11.7. The standard InChI is InChI=1S/C35H37N3O7/c1-22(37-34(43)44-20-24-8-4-3-5-9-24)31(40)18-25(17-26-19-36-29-11-7-6-10-28(26)29)33(42)38-30(32(41)35(2)21-45-35)16-23-12-14-27(39)15-13-23/h3-15,19,22,25,30,36,39H,16-18,20-21H2,1-2H3,(H,37,43)(H,38,42)/t22-,25-,30+,35-/m1/s1. The van der Waals surface area contributed by atoms with Crippen molar-refractivity contribution in [2.45, 2.75) is 57.4 Å². The van der Waals surface area contributed by atoms with Gasteiger partial charge in [-0.05, 0) is 61.6 Å². The Hall–Kier alpha value is -4.96. The quantitative estimate of drug-likeness (QED) is 0.155. The molecule has 0 aliphatic carbocycles. The van der Waals surface area contributed by atoms with E-state index in [0.29, 0.717) is 0 Å². The predicted octanol–water partition coefficient (Wildman–Crippen LogP) is 4.39. The van der Waals surface area contributed by atoms with Crippen molar-refractivity contribution in [2.75, 3.05) is 6.61 Å². The molecule has 1 saturated heterocycles. The minimum Gasteiger partial charge on any atom is -0.508 e. The number of aromatic amines is 1. The van der Waals surface area contributed by atoms with Gasteiger partial charge in [-0.3, -0.25) is 14.4 Å². The highest BCUT2D eigenvalue weighted by Gasteiger charge is 2.50. The second kappa shape index (κ2) is 13.8. The number of aromatic hydroxyl groups is 1. The zero-order valence-corrected chi connectivity index (χ0v) is 25.2. The van der Waals surface area contributed by atoms with E-state index in [0.717, 1.165) is 27.6 Å². The van der Waals surface area contributed by atoms with E-state index in [1.807, 2.05) is 60.8 Å². The summed E-state index contributed by atoms with van der Waals surface area (Å²) in [5.41, 5.74) is 2.31. The molecule has 0 unspecified atom stereocenters. The molecule has 0 bridgehead atoms. The number of fused-ring (bicyclic) bond motifs is 1. The van der Waals surface area contributed by atoms with Crippen molar-refractivity contribution >= 4 is 34.5 Å². The zero-order valence-electron chi connectivity index (χ0n) is 25.2. The molecule has 5 rings (SSSR count). The first-order valence-electron chi connectivity index (χ1n) is 14.9. The van der Waals surface area contributed by atoms with E-state index in [-0.39, 0.29) is 49.8 Å². The minimum absolute atomic E-state index is 0.0538. The summed E-state index contributed by atoms with van der Waals surface area (Å²) in [4.78, 5) is 56.4. The summed E-state index contributed by atoms with van der Waals surface area (Å²) in [7, 11) is 0. The number of para-hydroxylation sites is 1. The van der Waals surface area contributed by atoms with Crippen molar-refractivity contribution in [2.24, 2.45) is 5.92 Å². The molecular formula is C35H37N3O7. The third-order valence-corrected chi connectivity index (χ3v) is 8.10. The van der Waals surface area contributed by atoms with Crippen LogP contribution < -0.4 is 10.6 Å². The van der Waals surface area contributed by atoms with Crippen molar-refractivity contribution in [3.8, 4) is 5.75 Å². The number of phenols is 1. The first-order chi connectivity index (χ1) is 21.6. The fourth-order valence-corrected chi connectivity index (χ4v) is 5.25. The largest absolute Gasteiger partial charge is 0.508 e. The number of H-pyrrole nitrogens is 1. The smallest absolute Gasteiger partial charge is 0.408 e. The first kappa shape index (κ1) is 31.5. The number of rotatable bonds is 14. The number of carbonyl (C=O) groups is 4. The van der Waals surface area contributed by atoms with Crippen LogP contribution in [0, 0.1) is 5.92 Å². The maximum Gasteiger partial charge on any atom is 0.408 e. The molecule has 1 aromatic heterocycles. The van der Waals surface area contributed by atoms with Gasteiger partial charge in [0, 0.05) is 29.4 Å². The van der Waals surface area contributed by atoms with Crippen molar-refractivity contribution in [1.82, 2.24) is 15.6 Å². The number of hydrogen-bond acceptors (Lipinski definition) is 7. The number of epoxide rings is 1. The molecule has 0 saturated carbocycles. The van der Waals surface area contributed by atoms with E-state index in [1.165, 1.54) is 12.1 Å². The Morgan fingerprint density at radius 1 is 0.933 bits per heavy atom. The Balaban J connectivity index is 1.31. The summed E-state index contributed by atoms with van der Waals surface area (Å²) in [6.07, 6.45) is 1.30. The molecule has 0 radical (unpaired) electrons. The number of amides is 2. The number of alkyl carbamates (subject to hydrolysis) is 1. The molecule has 234 valence electrons. The summed E-state index contributed by atoms with van der Waals surface area (Å²) in [6.45, 7) is 3.55. The maximum atomic E-state index is 13.9. The van der Waals surface area contributed by atoms with Crippen LogP contribution in [0.15, 0.2) is 85.1 Å². The van der Waals surface area contributed by atoms with E-state index in [2.05, 4.69) is 15.6 Å². The Morgan fingerprint density at radius 3 is 2.33 bits per heavy atom. The van der Waals surface area contributed by atoms with Crippen LogP contribution in [-0.2, 0) is 43.3 Å². The lowest BCUT2D eigenvalue weighted by Crippen LogP contribution is -2.50. The molecule has 4 aromatic rings. The van der Waals surface area contributed by atoms with Crippen LogP contribution in [0.2, 0.25) is 0 Å². The summed E-state index contributed by atoms with van der Waals surface area (Å²) in [6, 6.07) is 21.4. The number of benzene rings is 3. The molecule has 2 amide bonds. The highest BCUT2D eigenvalue weighted by atomic mass is 16.6. The summed E-state index contributed by atoms with van der Waals surface area (Å²) in [5, 5.41) is 16.1. The third kappa shape index (κ3) is 8.16. The number of hydrogen-bond donors (Lipinski definition) is 4. The minimum atomic E-state index is -0.991. The molecule has 4 N–H and O–H groups in total. The number of Topliss-reactive ketones (excluding diaryl/α,β-unsaturated/α-hetero) is 2. The lowest BCUT2D eigenvalue weighted by molar-refractivity contribution is -0.134. The van der Waals surface area contributed by atoms with Crippen molar-refractivity contribution in [1.29, 1.82) is 0 Å². The van der Waals surface area contributed by atoms with Gasteiger partial charge < -0.3 is 30.2 Å². The van der Waals surface area contributed by atoms with E-state index in [9.17, 15) is 24.3 Å². The molecule has 1 fully saturated rings. The number of ketones is 2. The average Bonchev–Trinajstić information content (AvgIpc) is 3.67. The van der Waals surface area contributed by atoms with Crippen LogP contribution in [0.3, 0.4) is 0 Å². The van der Waals surface area contributed by atoms with Crippen LogP contribution in [0.25, 0.3) is 10.9 Å². The topological polar surface area (TPSA) is 150 Å². The molecule has 45 heavy (non-hydrogen) atoms. The van der Waals surface area contributed by atoms with Gasteiger partial charge in [-0.1, -0.05) is 60.7 Å². The third-order valence-electron chi connectivity index (χ3n) is 8.10. The molecule has 3 aromatic carbocycles. The maximum absolute atomic E-state index is 13.9. The summed E-state index contributed by atoms with van der Waals surface area (Å²) in [5.74, 6) is -1.84. The Morgan fingerprint density at radius 2 is 1.62 bits per heavy atom. The molecule has 0 spiro atoms. The van der Waals surface area contributed by atoms with Gasteiger partial charge in [0.25, 0.3) is 0 Å². The number of nitrogens with one attached hydrogen (secondary N) is 3. The van der Waals surface area contributed by atoms with Crippen molar-refractivity contribution < 1.29 is 33.8 Å². The number of ether oxygens (including phenoxy) is 2. The fourth-order valence-electron chi connectivity index (χ4n) is 5.25. The van der Waals surface area contributed by atoms with Crippen LogP contribution in [0.4, 0.5) is 4.79 Å².